The molecule has 0 fully saturated rings. The van der Waals surface area contributed by atoms with Crippen LogP contribution in [0.4, 0.5) is 22.0 Å². The van der Waals surface area contributed by atoms with E-state index in [1.54, 1.807) is 12.3 Å². The third-order valence-corrected chi connectivity index (χ3v) is 5.57. The molecule has 2 heterocycles. The van der Waals surface area contributed by atoms with Crippen LogP contribution in [0.5, 0.6) is 0 Å². The lowest BCUT2D eigenvalue weighted by Crippen LogP contribution is -2.07. The van der Waals surface area contributed by atoms with E-state index in [0.29, 0.717) is 24.1 Å². The van der Waals surface area contributed by atoms with Crippen molar-refractivity contribution in [3.05, 3.63) is 40.7 Å². The second-order valence-electron chi connectivity index (χ2n) is 5.64. The van der Waals surface area contributed by atoms with Crippen LogP contribution in [0.2, 0.25) is 0 Å². The SMILES string of the molecule is Cc1csc(-c2[nH]c(C(F)(F)F)nc2-c2cc(F)c(S(C)(=O)=O)cc2F)n1. The lowest BCUT2D eigenvalue weighted by Gasteiger charge is -2.06. The molecular weight excluding hydrogens is 413 g/mol. The van der Waals surface area contributed by atoms with E-state index in [2.05, 4.69) is 9.97 Å². The molecule has 5 nitrogen and oxygen atoms in total. The highest BCUT2D eigenvalue weighted by atomic mass is 32.2. The van der Waals surface area contributed by atoms with Crippen LogP contribution in [-0.4, -0.2) is 29.6 Å². The highest BCUT2D eigenvalue weighted by Gasteiger charge is 2.37. The van der Waals surface area contributed by atoms with Crippen LogP contribution in [0.15, 0.2) is 22.4 Å². The second-order valence-corrected chi connectivity index (χ2v) is 8.48. The molecule has 12 heteroatoms. The Labute approximate surface area is 153 Å². The summed E-state index contributed by atoms with van der Waals surface area (Å²) >= 11 is 0.991. The quantitative estimate of drug-likeness (QED) is 0.641. The van der Waals surface area contributed by atoms with Crippen LogP contribution in [-0.2, 0) is 16.0 Å². The molecule has 0 amide bonds. The number of sulfone groups is 1. The minimum Gasteiger partial charge on any atom is -0.332 e. The van der Waals surface area contributed by atoms with Crippen LogP contribution in [0, 0.1) is 18.6 Å². The van der Waals surface area contributed by atoms with Crippen molar-refractivity contribution in [2.24, 2.45) is 0 Å². The number of halogens is 5. The average Bonchev–Trinajstić information content (AvgIpc) is 3.13. The van der Waals surface area contributed by atoms with Gasteiger partial charge in [-0.25, -0.2) is 27.2 Å². The molecule has 0 aliphatic rings. The Bertz CT molecular complexity index is 1130. The summed E-state index contributed by atoms with van der Waals surface area (Å²) in [5, 5.41) is 1.66. The maximum Gasteiger partial charge on any atom is 0.449 e. The number of thiazole rings is 1. The predicted octanol–water partition coefficient (Wildman–Crippen LogP) is 4.21. The summed E-state index contributed by atoms with van der Waals surface area (Å²) in [4.78, 5) is 8.55. The number of benzene rings is 1. The van der Waals surface area contributed by atoms with E-state index in [4.69, 9.17) is 0 Å². The third-order valence-electron chi connectivity index (χ3n) is 3.48. The van der Waals surface area contributed by atoms with Gasteiger partial charge >= 0.3 is 6.18 Å². The van der Waals surface area contributed by atoms with Crippen LogP contribution in [0.25, 0.3) is 22.0 Å². The smallest absolute Gasteiger partial charge is 0.332 e. The van der Waals surface area contributed by atoms with Crippen LogP contribution >= 0.6 is 11.3 Å². The van der Waals surface area contributed by atoms with Gasteiger partial charge in [-0.1, -0.05) is 0 Å². The molecule has 0 bridgehead atoms. The lowest BCUT2D eigenvalue weighted by atomic mass is 10.1. The lowest BCUT2D eigenvalue weighted by molar-refractivity contribution is -0.144. The summed E-state index contributed by atoms with van der Waals surface area (Å²) in [5.41, 5.74) is -0.864. The summed E-state index contributed by atoms with van der Waals surface area (Å²) in [6.45, 7) is 1.61. The number of aryl methyl sites for hydroxylation is 1. The first kappa shape index (κ1) is 19.4. The topological polar surface area (TPSA) is 75.7 Å². The van der Waals surface area contributed by atoms with Gasteiger partial charge in [-0.05, 0) is 19.1 Å². The summed E-state index contributed by atoms with van der Waals surface area (Å²) < 4.78 is 90.8. The van der Waals surface area contributed by atoms with Crippen molar-refractivity contribution in [3.8, 4) is 22.0 Å². The molecule has 0 aliphatic heterocycles. The maximum absolute atomic E-state index is 14.5. The summed E-state index contributed by atoms with van der Waals surface area (Å²) in [6, 6.07) is 0.921. The fraction of sp³-hybridized carbons (Fsp3) is 0.200. The molecule has 0 spiro atoms. The highest BCUT2D eigenvalue weighted by Crippen LogP contribution is 2.38. The number of H-pyrrole nitrogens is 1. The van der Waals surface area contributed by atoms with Gasteiger partial charge in [0.1, 0.15) is 32.9 Å². The number of hydrogen-bond donors (Lipinski definition) is 1. The minimum absolute atomic E-state index is 0.0949. The molecule has 1 N–H and O–H groups in total. The van der Waals surface area contributed by atoms with E-state index >= 15 is 0 Å². The standard InChI is InChI=1S/C15H10F5N3O2S2/c1-6-5-26-13(21-6)12-11(22-14(23-12)15(18,19)20)7-3-9(17)10(4-8(7)16)27(2,24)25/h3-5H,1-2H3,(H,22,23). The molecular formula is C15H10F5N3O2S2. The number of rotatable bonds is 3. The Kier molecular flexibility index (Phi) is 4.58. The van der Waals surface area contributed by atoms with Gasteiger partial charge < -0.3 is 4.98 Å². The molecule has 2 aromatic heterocycles. The zero-order valence-electron chi connectivity index (χ0n) is 13.6. The van der Waals surface area contributed by atoms with Gasteiger partial charge in [0.15, 0.2) is 9.84 Å². The van der Waals surface area contributed by atoms with Gasteiger partial charge in [-0.2, -0.15) is 13.2 Å². The number of nitrogens with one attached hydrogen (secondary N) is 1. The zero-order valence-corrected chi connectivity index (χ0v) is 15.3. The number of aromatic amines is 1. The maximum atomic E-state index is 14.5. The van der Waals surface area contributed by atoms with Crippen molar-refractivity contribution >= 4 is 21.2 Å². The van der Waals surface area contributed by atoms with Crippen molar-refractivity contribution < 1.29 is 30.4 Å². The zero-order chi connectivity index (χ0) is 20.1. The number of alkyl halides is 3. The van der Waals surface area contributed by atoms with E-state index in [1.807, 2.05) is 4.98 Å². The third kappa shape index (κ3) is 3.72. The molecule has 1 aromatic carbocycles. The Balaban J connectivity index is 2.28. The average molecular weight is 423 g/mol. The molecule has 0 saturated carbocycles. The van der Waals surface area contributed by atoms with E-state index < -0.39 is 49.6 Å². The van der Waals surface area contributed by atoms with Gasteiger partial charge in [0, 0.05) is 22.9 Å². The molecule has 0 atom stereocenters. The van der Waals surface area contributed by atoms with E-state index in [-0.39, 0.29) is 10.7 Å². The molecule has 27 heavy (non-hydrogen) atoms. The first-order chi connectivity index (χ1) is 12.4. The van der Waals surface area contributed by atoms with Gasteiger partial charge in [-0.3, -0.25) is 0 Å². The Morgan fingerprint density at radius 1 is 1.11 bits per heavy atom. The molecule has 0 radical (unpaired) electrons. The fourth-order valence-electron chi connectivity index (χ4n) is 2.32. The van der Waals surface area contributed by atoms with Gasteiger partial charge in [0.05, 0.1) is 0 Å². The first-order valence-corrected chi connectivity index (χ1v) is 9.94. The van der Waals surface area contributed by atoms with Crippen molar-refractivity contribution in [1.29, 1.82) is 0 Å². The fourth-order valence-corrected chi connectivity index (χ4v) is 3.85. The highest BCUT2D eigenvalue weighted by molar-refractivity contribution is 7.90. The van der Waals surface area contributed by atoms with Crippen LogP contribution in [0.1, 0.15) is 11.5 Å². The molecule has 144 valence electrons. The summed E-state index contributed by atoms with van der Waals surface area (Å²) in [7, 11) is -4.07. The van der Waals surface area contributed by atoms with Gasteiger partial charge in [0.2, 0.25) is 5.82 Å². The minimum atomic E-state index is -4.86. The van der Waals surface area contributed by atoms with E-state index in [9.17, 15) is 30.4 Å². The molecule has 0 aliphatic carbocycles. The number of imidazole rings is 1. The van der Waals surface area contributed by atoms with Gasteiger partial charge in [-0.15, -0.1) is 11.3 Å². The van der Waals surface area contributed by atoms with E-state index in [1.165, 1.54) is 0 Å². The van der Waals surface area contributed by atoms with E-state index in [0.717, 1.165) is 11.3 Å². The monoisotopic (exact) mass is 423 g/mol. The Morgan fingerprint density at radius 2 is 1.78 bits per heavy atom. The first-order valence-electron chi connectivity index (χ1n) is 7.17. The molecule has 0 saturated heterocycles. The number of hydrogen-bond acceptors (Lipinski definition) is 5. The van der Waals surface area contributed by atoms with Gasteiger partial charge in [0.25, 0.3) is 0 Å². The predicted molar refractivity (Wildman–Crippen MR) is 87.9 cm³/mol. The number of nitrogens with zero attached hydrogens (tertiary/aromatic N) is 2. The molecule has 0 unspecified atom stereocenters. The van der Waals surface area contributed by atoms with Crippen molar-refractivity contribution in [2.75, 3.05) is 6.26 Å². The Hall–Kier alpha value is -2.34. The summed E-state index contributed by atoms with van der Waals surface area (Å²) in [6.07, 6.45) is -4.17. The van der Waals surface area contributed by atoms with Crippen LogP contribution < -0.4 is 0 Å². The van der Waals surface area contributed by atoms with Crippen molar-refractivity contribution in [3.63, 3.8) is 0 Å². The Morgan fingerprint density at radius 3 is 2.30 bits per heavy atom. The second kappa shape index (κ2) is 6.37. The molecule has 3 rings (SSSR count). The summed E-state index contributed by atoms with van der Waals surface area (Å²) in [5.74, 6) is -3.94. The molecule has 3 aromatic rings. The van der Waals surface area contributed by atoms with Crippen molar-refractivity contribution in [2.45, 2.75) is 18.0 Å². The normalized spacial score (nSPS) is 12.6. The largest absolute Gasteiger partial charge is 0.449 e. The van der Waals surface area contributed by atoms with Crippen molar-refractivity contribution in [1.82, 2.24) is 15.0 Å². The number of aromatic nitrogens is 3. The van der Waals surface area contributed by atoms with Crippen LogP contribution in [0.3, 0.4) is 0 Å².